The number of carbonyl (C=O) groups excluding carboxylic acids is 2. The molecule has 0 aromatic heterocycles. The lowest BCUT2D eigenvalue weighted by molar-refractivity contribution is -0.139. The number of esters is 1. The van der Waals surface area contributed by atoms with Crippen LogP contribution in [-0.4, -0.2) is 60.9 Å². The minimum Gasteiger partial charge on any atom is -0.493 e. The van der Waals surface area contributed by atoms with Gasteiger partial charge < -0.3 is 19.3 Å². The van der Waals surface area contributed by atoms with Crippen molar-refractivity contribution >= 4 is 62.5 Å². The van der Waals surface area contributed by atoms with Crippen molar-refractivity contribution < 1.29 is 33.7 Å². The number of aliphatic carboxylic acids is 1. The summed E-state index contributed by atoms with van der Waals surface area (Å²) in [5.74, 6) is -1.28. The van der Waals surface area contributed by atoms with Crippen molar-refractivity contribution in [2.75, 3.05) is 27.9 Å². The second-order valence-electron chi connectivity index (χ2n) is 6.63. The van der Waals surface area contributed by atoms with E-state index in [0.717, 1.165) is 0 Å². The predicted molar refractivity (Wildman–Crippen MR) is 127 cm³/mol. The van der Waals surface area contributed by atoms with Gasteiger partial charge in [0.05, 0.1) is 34.8 Å². The Bertz CT molecular complexity index is 1180. The minimum atomic E-state index is -1.12. The normalized spacial score (nSPS) is 15.8. The molecule has 0 saturated carbocycles. The van der Waals surface area contributed by atoms with Gasteiger partial charge in [-0.3, -0.25) is 9.69 Å². The van der Waals surface area contributed by atoms with Gasteiger partial charge in [-0.25, -0.2) is 14.6 Å². The smallest absolute Gasteiger partial charge is 0.341 e. The number of hydrogen-bond donors (Lipinski definition) is 1. The van der Waals surface area contributed by atoms with Crippen molar-refractivity contribution in [2.45, 2.75) is 0 Å². The molecule has 1 aliphatic rings. The average Bonchev–Trinajstić information content (AvgIpc) is 3.05. The maximum Gasteiger partial charge on any atom is 0.341 e. The van der Waals surface area contributed by atoms with E-state index < -0.39 is 18.5 Å². The maximum atomic E-state index is 12.8. The van der Waals surface area contributed by atoms with Crippen molar-refractivity contribution in [2.24, 2.45) is 4.99 Å². The van der Waals surface area contributed by atoms with Gasteiger partial charge in [0.25, 0.3) is 5.91 Å². The highest BCUT2D eigenvalue weighted by Crippen LogP contribution is 2.39. The molecule has 0 atom stereocenters. The van der Waals surface area contributed by atoms with Gasteiger partial charge in [-0.15, -0.1) is 0 Å². The standard InChI is InChI=1S/C22H19BrN2O7S/c1-25-20(28)17(33-22(25)24-14-6-4-5-13(10-14)21(29)31-3)9-12-7-15(23)19(16(8-12)30-2)32-11-18(26)27/h4-10H,11H2,1-3H3,(H,26,27). The fraction of sp³-hybridized carbons (Fsp3) is 0.182. The summed E-state index contributed by atoms with van der Waals surface area (Å²) in [6.45, 7) is -0.522. The van der Waals surface area contributed by atoms with Crippen LogP contribution in [-0.2, 0) is 14.3 Å². The van der Waals surface area contributed by atoms with Crippen LogP contribution in [0.2, 0.25) is 0 Å². The fourth-order valence-corrected chi connectivity index (χ4v) is 4.39. The molecule has 2 aromatic carbocycles. The first-order valence-corrected chi connectivity index (χ1v) is 11.0. The summed E-state index contributed by atoms with van der Waals surface area (Å²) >= 11 is 4.54. The molecule has 1 N–H and O–H groups in total. The topological polar surface area (TPSA) is 115 Å². The van der Waals surface area contributed by atoms with E-state index in [2.05, 4.69) is 20.9 Å². The number of carbonyl (C=O) groups is 3. The highest BCUT2D eigenvalue weighted by molar-refractivity contribution is 9.10. The monoisotopic (exact) mass is 534 g/mol. The van der Waals surface area contributed by atoms with Gasteiger partial charge in [-0.05, 0) is 69.7 Å². The minimum absolute atomic E-state index is 0.246. The number of benzene rings is 2. The quantitative estimate of drug-likeness (QED) is 0.419. The van der Waals surface area contributed by atoms with Crippen molar-refractivity contribution in [3.05, 3.63) is 56.9 Å². The van der Waals surface area contributed by atoms with Crippen LogP contribution in [0, 0.1) is 0 Å². The van der Waals surface area contributed by atoms with E-state index >= 15 is 0 Å². The number of ether oxygens (including phenoxy) is 3. The van der Waals surface area contributed by atoms with Crippen LogP contribution in [0.1, 0.15) is 15.9 Å². The van der Waals surface area contributed by atoms with Crippen molar-refractivity contribution in [1.82, 2.24) is 4.90 Å². The number of rotatable bonds is 7. The van der Waals surface area contributed by atoms with Crippen LogP contribution in [0.3, 0.4) is 0 Å². The summed E-state index contributed by atoms with van der Waals surface area (Å²) in [6.07, 6.45) is 1.67. The number of halogens is 1. The molecule has 0 aliphatic carbocycles. The second kappa shape index (κ2) is 10.5. The first kappa shape index (κ1) is 24.3. The fourth-order valence-electron chi connectivity index (χ4n) is 2.83. The molecular weight excluding hydrogens is 516 g/mol. The zero-order valence-electron chi connectivity index (χ0n) is 17.8. The van der Waals surface area contributed by atoms with Gasteiger partial charge in [-0.2, -0.15) is 0 Å². The molecule has 1 amide bonds. The molecule has 1 heterocycles. The van der Waals surface area contributed by atoms with Crippen LogP contribution in [0.4, 0.5) is 5.69 Å². The van der Waals surface area contributed by atoms with E-state index in [-0.39, 0.29) is 11.7 Å². The summed E-state index contributed by atoms with van der Waals surface area (Å²) < 4.78 is 15.8. The zero-order chi connectivity index (χ0) is 24.1. The Balaban J connectivity index is 1.89. The molecule has 1 aliphatic heterocycles. The Labute approximate surface area is 202 Å². The Morgan fingerprint density at radius 2 is 2.00 bits per heavy atom. The Kier molecular flexibility index (Phi) is 7.77. The lowest BCUT2D eigenvalue weighted by Crippen LogP contribution is -2.23. The molecule has 0 bridgehead atoms. The number of thioether (sulfide) groups is 1. The van der Waals surface area contributed by atoms with Crippen LogP contribution < -0.4 is 9.47 Å². The lowest BCUT2D eigenvalue weighted by Gasteiger charge is -2.12. The van der Waals surface area contributed by atoms with E-state index in [1.165, 1.54) is 30.9 Å². The molecule has 3 rings (SSSR count). The number of hydrogen-bond acceptors (Lipinski definition) is 8. The van der Waals surface area contributed by atoms with Crippen LogP contribution in [0.5, 0.6) is 11.5 Å². The highest BCUT2D eigenvalue weighted by atomic mass is 79.9. The van der Waals surface area contributed by atoms with E-state index in [0.29, 0.717) is 37.1 Å². The number of amides is 1. The van der Waals surface area contributed by atoms with Gasteiger partial charge in [-0.1, -0.05) is 6.07 Å². The molecule has 0 radical (unpaired) electrons. The summed E-state index contributed by atoms with van der Waals surface area (Å²) in [6, 6.07) is 9.93. The third-order valence-electron chi connectivity index (χ3n) is 4.39. The molecule has 1 saturated heterocycles. The number of aliphatic imine (C=N–C) groups is 1. The van der Waals surface area contributed by atoms with Gasteiger partial charge in [0, 0.05) is 7.05 Å². The van der Waals surface area contributed by atoms with Crippen LogP contribution in [0.15, 0.2) is 50.8 Å². The van der Waals surface area contributed by atoms with E-state index in [4.69, 9.17) is 19.3 Å². The Hall–Kier alpha value is -3.31. The molecule has 2 aromatic rings. The van der Waals surface area contributed by atoms with Gasteiger partial charge in [0.15, 0.2) is 23.3 Å². The van der Waals surface area contributed by atoms with Crippen LogP contribution in [0.25, 0.3) is 6.08 Å². The molecule has 11 heteroatoms. The molecule has 0 unspecified atom stereocenters. The summed E-state index contributed by atoms with van der Waals surface area (Å²) in [7, 11) is 4.34. The number of carboxylic acid groups (broad SMARTS) is 1. The molecule has 33 heavy (non-hydrogen) atoms. The van der Waals surface area contributed by atoms with Crippen molar-refractivity contribution in [1.29, 1.82) is 0 Å². The SMILES string of the molecule is COC(=O)c1cccc(N=C2SC(=Cc3cc(Br)c(OCC(=O)O)c(OC)c3)C(=O)N2C)c1. The Morgan fingerprint density at radius 3 is 2.67 bits per heavy atom. The molecule has 9 nitrogen and oxygen atoms in total. The third kappa shape index (κ3) is 5.74. The lowest BCUT2D eigenvalue weighted by atomic mass is 10.2. The number of carboxylic acids is 1. The zero-order valence-corrected chi connectivity index (χ0v) is 20.2. The molecule has 1 fully saturated rings. The first-order chi connectivity index (χ1) is 15.7. The van der Waals surface area contributed by atoms with E-state index in [1.807, 2.05) is 0 Å². The summed E-state index contributed by atoms with van der Waals surface area (Å²) in [4.78, 5) is 41.7. The molecule has 172 valence electrons. The highest BCUT2D eigenvalue weighted by Gasteiger charge is 2.30. The van der Waals surface area contributed by atoms with Crippen molar-refractivity contribution in [3.8, 4) is 11.5 Å². The van der Waals surface area contributed by atoms with Crippen molar-refractivity contribution in [3.63, 3.8) is 0 Å². The van der Waals surface area contributed by atoms with Gasteiger partial charge in [0.2, 0.25) is 0 Å². The summed E-state index contributed by atoms with van der Waals surface area (Å²) in [5, 5.41) is 9.29. The Morgan fingerprint density at radius 1 is 1.24 bits per heavy atom. The third-order valence-corrected chi connectivity index (χ3v) is 6.03. The van der Waals surface area contributed by atoms with Gasteiger partial charge >= 0.3 is 11.9 Å². The number of nitrogens with zero attached hydrogens (tertiary/aromatic N) is 2. The van der Waals surface area contributed by atoms with Crippen LogP contribution >= 0.6 is 27.7 Å². The maximum absolute atomic E-state index is 12.8. The average molecular weight is 535 g/mol. The number of likely N-dealkylation sites (N-methyl/N-ethyl adjacent to an activating group) is 1. The summed E-state index contributed by atoms with van der Waals surface area (Å²) in [5.41, 5.74) is 1.50. The molecular formula is C22H19BrN2O7S. The van der Waals surface area contributed by atoms with E-state index in [1.54, 1.807) is 49.5 Å². The largest absolute Gasteiger partial charge is 0.493 e. The first-order valence-electron chi connectivity index (χ1n) is 9.40. The molecule has 0 spiro atoms. The predicted octanol–water partition coefficient (Wildman–Crippen LogP) is 3.94. The second-order valence-corrected chi connectivity index (χ2v) is 8.49. The number of amidine groups is 1. The van der Waals surface area contributed by atoms with Gasteiger partial charge in [0.1, 0.15) is 0 Å². The van der Waals surface area contributed by atoms with E-state index in [9.17, 15) is 14.4 Å². The number of methoxy groups -OCH3 is 2.